The summed E-state index contributed by atoms with van der Waals surface area (Å²) in [6.45, 7) is 6.17. The van der Waals surface area contributed by atoms with Crippen LogP contribution in [0.15, 0.2) is 71.1 Å². The Balaban J connectivity index is 1.82. The van der Waals surface area contributed by atoms with Gasteiger partial charge in [0.05, 0.1) is 25.7 Å². The minimum atomic E-state index is -0.617. The smallest absolute Gasteiger partial charge is 0.337 e. The maximum Gasteiger partial charge on any atom is 0.337 e. The summed E-state index contributed by atoms with van der Waals surface area (Å²) in [6, 6.07) is 15.0. The first-order chi connectivity index (χ1) is 16.2. The minimum Gasteiger partial charge on any atom is -0.497 e. The largest absolute Gasteiger partial charge is 0.497 e. The molecule has 1 N–H and O–H groups in total. The van der Waals surface area contributed by atoms with Crippen LogP contribution >= 0.6 is 0 Å². The first-order valence-corrected chi connectivity index (χ1v) is 11.4. The number of ether oxygens (including phenoxy) is 3. The SMILES string of the molecule is COc1ccc(OC)c(C2C(C(=O)OCc3ccccc3)=C(C)NC3=C2C(=O)CC(C)(C)C3)c1. The Morgan fingerprint density at radius 2 is 1.79 bits per heavy atom. The van der Waals surface area contributed by atoms with Crippen molar-refractivity contribution in [2.45, 2.75) is 46.1 Å². The van der Waals surface area contributed by atoms with Gasteiger partial charge < -0.3 is 19.5 Å². The van der Waals surface area contributed by atoms with E-state index in [1.807, 2.05) is 43.3 Å². The Morgan fingerprint density at radius 3 is 2.47 bits per heavy atom. The Hall–Kier alpha value is -3.54. The van der Waals surface area contributed by atoms with Crippen LogP contribution in [-0.4, -0.2) is 26.0 Å². The molecule has 0 amide bonds. The first kappa shape index (κ1) is 23.6. The van der Waals surface area contributed by atoms with Gasteiger partial charge in [-0.05, 0) is 42.5 Å². The van der Waals surface area contributed by atoms with Crippen LogP contribution in [-0.2, 0) is 20.9 Å². The molecule has 6 nitrogen and oxygen atoms in total. The van der Waals surface area contributed by atoms with Crippen molar-refractivity contribution in [1.82, 2.24) is 5.32 Å². The number of Topliss-reactive ketones (excluding diaryl/α,β-unsaturated/α-hetero) is 1. The fourth-order valence-corrected chi connectivity index (χ4v) is 4.88. The molecule has 0 aromatic heterocycles. The molecule has 2 aromatic rings. The van der Waals surface area contributed by atoms with Gasteiger partial charge in [-0.25, -0.2) is 4.79 Å². The highest BCUT2D eigenvalue weighted by molar-refractivity contribution is 6.04. The number of hydrogen-bond donors (Lipinski definition) is 1. The number of nitrogens with one attached hydrogen (secondary N) is 1. The van der Waals surface area contributed by atoms with Crippen molar-refractivity contribution in [2.75, 3.05) is 14.2 Å². The summed E-state index contributed by atoms with van der Waals surface area (Å²) in [4.78, 5) is 27.0. The van der Waals surface area contributed by atoms with Gasteiger partial charge in [-0.1, -0.05) is 44.2 Å². The molecule has 34 heavy (non-hydrogen) atoms. The molecule has 1 aliphatic carbocycles. The molecule has 1 aliphatic heterocycles. The van der Waals surface area contributed by atoms with Crippen molar-refractivity contribution in [3.63, 3.8) is 0 Å². The van der Waals surface area contributed by atoms with Crippen LogP contribution in [0.1, 0.15) is 50.7 Å². The number of rotatable bonds is 6. The number of ketones is 1. The molecule has 2 aromatic carbocycles. The number of carbonyl (C=O) groups excluding carboxylic acids is 2. The van der Waals surface area contributed by atoms with Gasteiger partial charge in [0.15, 0.2) is 5.78 Å². The zero-order valence-corrected chi connectivity index (χ0v) is 20.4. The summed E-state index contributed by atoms with van der Waals surface area (Å²) in [5.74, 6) is 0.142. The Kier molecular flexibility index (Phi) is 6.51. The van der Waals surface area contributed by atoms with Crippen LogP contribution in [0.4, 0.5) is 0 Å². The van der Waals surface area contributed by atoms with Gasteiger partial charge in [0.25, 0.3) is 0 Å². The summed E-state index contributed by atoms with van der Waals surface area (Å²) in [6.07, 6.45) is 1.11. The first-order valence-electron chi connectivity index (χ1n) is 11.4. The van der Waals surface area contributed by atoms with E-state index < -0.39 is 11.9 Å². The lowest BCUT2D eigenvalue weighted by Crippen LogP contribution is -2.38. The average Bonchev–Trinajstić information content (AvgIpc) is 2.81. The molecule has 2 aliphatic rings. The zero-order chi connectivity index (χ0) is 24.5. The normalized spacial score (nSPS) is 19.3. The van der Waals surface area contributed by atoms with Crippen LogP contribution in [0.25, 0.3) is 0 Å². The van der Waals surface area contributed by atoms with Crippen LogP contribution < -0.4 is 14.8 Å². The van der Waals surface area contributed by atoms with E-state index in [-0.39, 0.29) is 17.8 Å². The number of hydrogen-bond acceptors (Lipinski definition) is 6. The van der Waals surface area contributed by atoms with Gasteiger partial charge >= 0.3 is 5.97 Å². The predicted octanol–water partition coefficient (Wildman–Crippen LogP) is 5.05. The van der Waals surface area contributed by atoms with Crippen molar-refractivity contribution < 1.29 is 23.8 Å². The quantitative estimate of drug-likeness (QED) is 0.607. The number of benzene rings is 2. The number of carbonyl (C=O) groups is 2. The lowest BCUT2D eigenvalue weighted by Gasteiger charge is -2.39. The summed E-state index contributed by atoms with van der Waals surface area (Å²) < 4.78 is 16.9. The van der Waals surface area contributed by atoms with Crippen LogP contribution in [0, 0.1) is 5.41 Å². The van der Waals surface area contributed by atoms with Gasteiger partial charge in [-0.3, -0.25) is 4.79 Å². The van der Waals surface area contributed by atoms with Gasteiger partial charge in [-0.15, -0.1) is 0 Å². The second kappa shape index (κ2) is 9.37. The van der Waals surface area contributed by atoms with Gasteiger partial charge in [0.2, 0.25) is 0 Å². The highest BCUT2D eigenvalue weighted by Gasteiger charge is 2.44. The number of esters is 1. The van der Waals surface area contributed by atoms with Gasteiger partial charge in [0.1, 0.15) is 18.1 Å². The van der Waals surface area contributed by atoms with E-state index in [2.05, 4.69) is 19.2 Å². The Labute approximate surface area is 200 Å². The van der Waals surface area contributed by atoms with E-state index in [9.17, 15) is 9.59 Å². The standard InChI is InChI=1S/C28H31NO5/c1-17-24(27(31)34-16-18-9-7-6-8-10-18)25(20-13-19(32-4)11-12-23(20)33-5)26-21(29-17)14-28(2,3)15-22(26)30/h6-13,25,29H,14-16H2,1-5H3. The molecule has 0 spiro atoms. The molecule has 4 rings (SSSR count). The fourth-order valence-electron chi connectivity index (χ4n) is 4.88. The van der Waals surface area contributed by atoms with Gasteiger partial charge in [-0.2, -0.15) is 0 Å². The summed E-state index contributed by atoms with van der Waals surface area (Å²) >= 11 is 0. The molecule has 0 saturated heterocycles. The second-order valence-corrected chi connectivity index (χ2v) is 9.60. The molecular formula is C28H31NO5. The molecule has 0 fully saturated rings. The summed E-state index contributed by atoms with van der Waals surface area (Å²) in [5.41, 5.74) is 3.97. The molecule has 0 bridgehead atoms. The van der Waals surface area contributed by atoms with Gasteiger partial charge in [0, 0.05) is 29.0 Å². The van der Waals surface area contributed by atoms with E-state index in [4.69, 9.17) is 14.2 Å². The van der Waals surface area contributed by atoms with E-state index in [1.54, 1.807) is 26.4 Å². The second-order valence-electron chi connectivity index (χ2n) is 9.60. The third-order valence-electron chi connectivity index (χ3n) is 6.42. The van der Waals surface area contributed by atoms with Crippen LogP contribution in [0.5, 0.6) is 11.5 Å². The molecular weight excluding hydrogens is 430 g/mol. The average molecular weight is 462 g/mol. The van der Waals surface area contributed by atoms with Crippen molar-refractivity contribution >= 4 is 11.8 Å². The van der Waals surface area contributed by atoms with E-state index in [1.165, 1.54) is 0 Å². The lowest BCUT2D eigenvalue weighted by molar-refractivity contribution is -0.140. The summed E-state index contributed by atoms with van der Waals surface area (Å²) in [5, 5.41) is 3.36. The monoisotopic (exact) mass is 461 g/mol. The highest BCUT2D eigenvalue weighted by Crippen LogP contribution is 2.49. The van der Waals surface area contributed by atoms with E-state index in [0.717, 1.165) is 11.3 Å². The molecule has 178 valence electrons. The third-order valence-corrected chi connectivity index (χ3v) is 6.42. The lowest BCUT2D eigenvalue weighted by atomic mass is 9.68. The number of methoxy groups -OCH3 is 2. The molecule has 1 heterocycles. The maximum atomic E-state index is 13.5. The van der Waals surface area contributed by atoms with Crippen molar-refractivity contribution in [3.05, 3.63) is 82.2 Å². The highest BCUT2D eigenvalue weighted by atomic mass is 16.5. The topological polar surface area (TPSA) is 73.9 Å². The third kappa shape index (κ3) is 4.58. The van der Waals surface area contributed by atoms with Crippen LogP contribution in [0.3, 0.4) is 0 Å². The number of allylic oxidation sites excluding steroid dienone is 3. The maximum absolute atomic E-state index is 13.5. The predicted molar refractivity (Wildman–Crippen MR) is 129 cm³/mol. The van der Waals surface area contributed by atoms with Crippen molar-refractivity contribution in [1.29, 1.82) is 0 Å². The molecule has 0 radical (unpaired) electrons. The molecule has 1 unspecified atom stereocenters. The van der Waals surface area contributed by atoms with Crippen molar-refractivity contribution in [2.24, 2.45) is 5.41 Å². The Bertz CT molecular complexity index is 1180. The molecule has 6 heteroatoms. The zero-order valence-electron chi connectivity index (χ0n) is 20.4. The minimum absolute atomic E-state index is 0.0227. The summed E-state index contributed by atoms with van der Waals surface area (Å²) in [7, 11) is 3.17. The molecule has 0 saturated carbocycles. The van der Waals surface area contributed by atoms with E-state index >= 15 is 0 Å². The fraction of sp³-hybridized carbons (Fsp3) is 0.357. The van der Waals surface area contributed by atoms with Crippen LogP contribution in [0.2, 0.25) is 0 Å². The number of dihydropyridines is 1. The van der Waals surface area contributed by atoms with E-state index in [0.29, 0.717) is 46.7 Å². The molecule has 1 atom stereocenters. The Morgan fingerprint density at radius 1 is 1.06 bits per heavy atom. The van der Waals surface area contributed by atoms with Crippen molar-refractivity contribution in [3.8, 4) is 11.5 Å².